The molecule has 4 heteroatoms. The minimum atomic E-state index is -3.37. The van der Waals surface area contributed by atoms with Crippen molar-refractivity contribution in [2.24, 2.45) is 5.92 Å². The number of aromatic nitrogens is 3. The van der Waals surface area contributed by atoms with Crippen molar-refractivity contribution in [2.45, 2.75) is 46.2 Å². The van der Waals surface area contributed by atoms with Crippen LogP contribution in [0, 0.1) is 5.92 Å². The SMILES string of the molecule is [2H]C([2H])([2H])C(c1ccc(-c2ccnc(-c3cc(-c4ccccc4)cc(-c4cccc5c4nc(-c4ccccc4O)n5-c4ccc(CC(C)C)cc4-c4ccccc4)c3)c2)cc1)(C([2H])([2H])[2H])C([2H])([2H])[2H]. The Labute approximate surface area is 366 Å². The smallest absolute Gasteiger partial charge is 0.149 e. The Morgan fingerprint density at radius 2 is 1.23 bits per heavy atom. The van der Waals surface area contributed by atoms with E-state index in [4.69, 9.17) is 22.3 Å². The second-order valence-corrected chi connectivity index (χ2v) is 15.7. The van der Waals surface area contributed by atoms with Crippen molar-refractivity contribution < 1.29 is 17.4 Å². The molecular formula is C56H49N3O. The number of hydrogen-bond donors (Lipinski definition) is 1. The van der Waals surface area contributed by atoms with Crippen LogP contribution in [0.1, 0.15) is 57.9 Å². The van der Waals surface area contributed by atoms with E-state index in [0.29, 0.717) is 34.1 Å². The van der Waals surface area contributed by atoms with Gasteiger partial charge < -0.3 is 5.11 Å². The molecule has 1 N–H and O–H groups in total. The van der Waals surface area contributed by atoms with Gasteiger partial charge in [-0.2, -0.15) is 0 Å². The number of pyridine rings is 1. The fourth-order valence-corrected chi connectivity index (χ4v) is 8.05. The van der Waals surface area contributed by atoms with Gasteiger partial charge in [-0.3, -0.25) is 9.55 Å². The Kier molecular flexibility index (Phi) is 7.77. The summed E-state index contributed by atoms with van der Waals surface area (Å²) in [6.45, 7) is -5.67. The maximum atomic E-state index is 11.4. The molecule has 0 atom stereocenters. The Hall–Kier alpha value is -7.04. The van der Waals surface area contributed by atoms with E-state index in [1.54, 1.807) is 36.5 Å². The summed E-state index contributed by atoms with van der Waals surface area (Å²) in [7, 11) is 0. The standard InChI is InChI=1S/C56H49N3O/c1-37(2)31-38-23-28-51(49(32-38)41-17-10-7-11-18-41)59-52-21-14-20-47(54(52)58-55(59)48-19-12-13-22-53(48)60)44-33-43(39-15-8-6-9-16-39)34-45(35-44)50-36-42(29-30-57-50)40-24-26-46(27-25-40)56(3,4)5/h6-30,32-37,60H,31H2,1-5H3/i3D3,4D3,5D3. The third kappa shape index (κ3) is 7.65. The molecule has 0 aliphatic carbocycles. The van der Waals surface area contributed by atoms with Crippen molar-refractivity contribution in [2.75, 3.05) is 0 Å². The molecule has 2 heterocycles. The first-order valence-corrected chi connectivity index (χ1v) is 20.1. The molecule has 0 unspecified atom stereocenters. The van der Waals surface area contributed by atoms with Crippen LogP contribution in [0.25, 0.3) is 83.9 Å². The van der Waals surface area contributed by atoms with Gasteiger partial charge >= 0.3 is 0 Å². The van der Waals surface area contributed by atoms with Gasteiger partial charge in [0.2, 0.25) is 0 Å². The maximum absolute atomic E-state index is 11.4. The fraction of sp³-hybridized carbons (Fsp3) is 0.143. The molecule has 9 aromatic rings. The van der Waals surface area contributed by atoms with E-state index in [9.17, 15) is 5.11 Å². The Bertz CT molecular complexity index is 3270. The lowest BCUT2D eigenvalue weighted by molar-refractivity contribution is 0.477. The number of phenolic OH excluding ortho intramolecular Hbond substituents is 1. The van der Waals surface area contributed by atoms with Crippen molar-refractivity contribution in [3.8, 4) is 78.6 Å². The van der Waals surface area contributed by atoms with Crippen molar-refractivity contribution >= 4 is 11.0 Å². The van der Waals surface area contributed by atoms with Crippen molar-refractivity contribution in [3.05, 3.63) is 193 Å². The van der Waals surface area contributed by atoms with Crippen LogP contribution in [0.3, 0.4) is 0 Å². The lowest BCUT2D eigenvalue weighted by Gasteiger charge is -2.19. The number of benzene rings is 7. The van der Waals surface area contributed by atoms with Crippen molar-refractivity contribution in [3.63, 3.8) is 0 Å². The van der Waals surface area contributed by atoms with Crippen LogP contribution >= 0.6 is 0 Å². The molecule has 0 aliphatic rings. The quantitative estimate of drug-likeness (QED) is 0.158. The van der Waals surface area contributed by atoms with Crippen LogP contribution in [-0.4, -0.2) is 19.6 Å². The first-order chi connectivity index (χ1) is 32.9. The van der Waals surface area contributed by atoms with Gasteiger partial charge in [-0.05, 0) is 123 Å². The Balaban J connectivity index is 1.22. The largest absolute Gasteiger partial charge is 0.507 e. The van der Waals surface area contributed by atoms with Gasteiger partial charge in [0.15, 0.2) is 0 Å². The highest BCUT2D eigenvalue weighted by atomic mass is 16.3. The van der Waals surface area contributed by atoms with Crippen LogP contribution in [0.2, 0.25) is 0 Å². The monoisotopic (exact) mass is 788 g/mol. The molecule has 294 valence electrons. The van der Waals surface area contributed by atoms with Crippen LogP contribution < -0.4 is 0 Å². The van der Waals surface area contributed by atoms with E-state index in [0.717, 1.165) is 62.1 Å². The number of imidazole rings is 1. The molecule has 9 rings (SSSR count). The second kappa shape index (κ2) is 16.0. The number of rotatable bonds is 9. The normalized spacial score (nSPS) is 14.6. The molecule has 0 saturated heterocycles. The molecular weight excluding hydrogens is 731 g/mol. The van der Waals surface area contributed by atoms with Gasteiger partial charge in [0.1, 0.15) is 11.6 Å². The van der Waals surface area contributed by atoms with E-state index >= 15 is 0 Å². The molecule has 0 radical (unpaired) electrons. The van der Waals surface area contributed by atoms with E-state index in [2.05, 4.69) is 79.1 Å². The number of nitrogens with zero attached hydrogens (tertiary/aromatic N) is 3. The number of para-hydroxylation sites is 2. The van der Waals surface area contributed by atoms with Gasteiger partial charge in [-0.15, -0.1) is 0 Å². The fourth-order valence-electron chi connectivity index (χ4n) is 8.05. The third-order valence-electron chi connectivity index (χ3n) is 10.9. The zero-order valence-electron chi connectivity index (χ0n) is 42.4. The van der Waals surface area contributed by atoms with Crippen molar-refractivity contribution in [1.29, 1.82) is 0 Å². The number of hydrogen-bond acceptors (Lipinski definition) is 3. The lowest BCUT2D eigenvalue weighted by Crippen LogP contribution is -2.10. The summed E-state index contributed by atoms with van der Waals surface area (Å²) < 4.78 is 75.8. The summed E-state index contributed by atoms with van der Waals surface area (Å²) in [4.78, 5) is 10.2. The molecule has 0 spiro atoms. The number of aromatic hydroxyl groups is 1. The van der Waals surface area contributed by atoms with Gasteiger partial charge in [-0.1, -0.05) is 150 Å². The van der Waals surface area contributed by atoms with Crippen LogP contribution in [0.4, 0.5) is 0 Å². The van der Waals surface area contributed by atoms with Gasteiger partial charge in [0, 0.05) is 35.2 Å². The number of fused-ring (bicyclic) bond motifs is 1. The van der Waals surface area contributed by atoms with Gasteiger partial charge in [-0.25, -0.2) is 4.98 Å². The predicted molar refractivity (Wildman–Crippen MR) is 250 cm³/mol. The lowest BCUT2D eigenvalue weighted by atomic mass is 9.86. The third-order valence-corrected chi connectivity index (χ3v) is 10.9. The van der Waals surface area contributed by atoms with Gasteiger partial charge in [0.25, 0.3) is 0 Å². The highest BCUT2D eigenvalue weighted by Gasteiger charge is 2.23. The first-order valence-electron chi connectivity index (χ1n) is 24.6. The summed E-state index contributed by atoms with van der Waals surface area (Å²) in [6, 6.07) is 56.0. The Morgan fingerprint density at radius 3 is 1.97 bits per heavy atom. The average molecular weight is 789 g/mol. The Morgan fingerprint density at radius 1 is 0.567 bits per heavy atom. The molecule has 0 amide bonds. The van der Waals surface area contributed by atoms with Crippen LogP contribution in [0.15, 0.2) is 182 Å². The van der Waals surface area contributed by atoms with E-state index < -0.39 is 26.0 Å². The van der Waals surface area contributed by atoms with Crippen LogP contribution in [0.5, 0.6) is 5.75 Å². The average Bonchev–Trinajstić information content (AvgIpc) is 3.70. The second-order valence-electron chi connectivity index (χ2n) is 15.7. The summed E-state index contributed by atoms with van der Waals surface area (Å²) in [6.07, 6.45) is 2.58. The molecule has 7 aromatic carbocycles. The van der Waals surface area contributed by atoms with E-state index in [1.807, 2.05) is 72.8 Å². The highest BCUT2D eigenvalue weighted by Crippen LogP contribution is 2.42. The zero-order chi connectivity index (χ0) is 48.9. The molecule has 2 aromatic heterocycles. The molecule has 0 fully saturated rings. The van der Waals surface area contributed by atoms with Crippen LogP contribution in [-0.2, 0) is 11.8 Å². The zero-order valence-corrected chi connectivity index (χ0v) is 33.4. The predicted octanol–water partition coefficient (Wildman–Crippen LogP) is 14.6. The maximum Gasteiger partial charge on any atom is 0.149 e. The highest BCUT2D eigenvalue weighted by molar-refractivity contribution is 5.98. The van der Waals surface area contributed by atoms with E-state index in [1.165, 1.54) is 17.7 Å². The van der Waals surface area contributed by atoms with Gasteiger partial charge in [0.05, 0.1) is 28.0 Å². The summed E-state index contributed by atoms with van der Waals surface area (Å²) in [5.74, 6) is 1.14. The minimum Gasteiger partial charge on any atom is -0.507 e. The molecule has 0 aliphatic heterocycles. The molecule has 0 bridgehead atoms. The minimum absolute atomic E-state index is 0.105. The molecule has 60 heavy (non-hydrogen) atoms. The summed E-state index contributed by atoms with van der Waals surface area (Å²) in [5, 5.41) is 11.4. The van der Waals surface area contributed by atoms with E-state index in [-0.39, 0.29) is 11.3 Å². The summed E-state index contributed by atoms with van der Waals surface area (Å²) in [5.41, 5.74) is 9.31. The first kappa shape index (κ1) is 29.2. The topological polar surface area (TPSA) is 50.9 Å². The van der Waals surface area contributed by atoms with Crippen molar-refractivity contribution in [1.82, 2.24) is 14.5 Å². The molecule has 4 nitrogen and oxygen atoms in total. The molecule has 0 saturated carbocycles. The summed E-state index contributed by atoms with van der Waals surface area (Å²) >= 11 is 0. The number of phenols is 1.